The van der Waals surface area contributed by atoms with Crippen molar-refractivity contribution in [2.24, 2.45) is 5.92 Å². The van der Waals surface area contributed by atoms with Crippen LogP contribution in [0.4, 0.5) is 5.69 Å². The number of hydrogen-bond acceptors (Lipinski definition) is 8. The molecule has 2 saturated carbocycles. The van der Waals surface area contributed by atoms with Gasteiger partial charge >= 0.3 is 0 Å². The van der Waals surface area contributed by atoms with Gasteiger partial charge in [0.15, 0.2) is 11.5 Å². The standard InChI is InChI=1S/C28H27N3O7/c32-19-7-6-15-12-20-28(35)9-8-18(30-25(33)16-2-1-3-17(31(36)37)21(16)26(30)34)24-27(28,22(15)23(19)38-24)10-11-29(20)13-14-4-5-14/h1-3,6-7,14,18,20,24,32,35H,4-5,8-13H2/t18-,20+,24+,27+,28-/m1/s1. The number of ether oxygens (including phenoxy) is 1. The zero-order valence-electron chi connectivity index (χ0n) is 20.6. The summed E-state index contributed by atoms with van der Waals surface area (Å²) < 4.78 is 6.49. The number of hydrogen-bond donors (Lipinski definition) is 2. The summed E-state index contributed by atoms with van der Waals surface area (Å²) in [5.41, 5.74) is -0.797. The van der Waals surface area contributed by atoms with Crippen molar-refractivity contribution in [1.29, 1.82) is 0 Å². The summed E-state index contributed by atoms with van der Waals surface area (Å²) in [5.74, 6) is -0.319. The number of likely N-dealkylation sites (tertiary alicyclic amines) is 1. The molecule has 196 valence electrons. The zero-order valence-corrected chi connectivity index (χ0v) is 20.6. The van der Waals surface area contributed by atoms with Gasteiger partial charge in [-0.15, -0.1) is 0 Å². The highest BCUT2D eigenvalue weighted by Gasteiger charge is 2.74. The van der Waals surface area contributed by atoms with Crippen molar-refractivity contribution in [3.05, 3.63) is 62.7 Å². The van der Waals surface area contributed by atoms with Gasteiger partial charge in [-0.3, -0.25) is 29.5 Å². The molecule has 38 heavy (non-hydrogen) atoms. The number of aliphatic hydroxyl groups is 1. The Morgan fingerprint density at radius 1 is 1.11 bits per heavy atom. The molecule has 0 unspecified atom stereocenters. The van der Waals surface area contributed by atoms with Crippen molar-refractivity contribution in [1.82, 2.24) is 9.80 Å². The average Bonchev–Trinajstić information content (AvgIpc) is 3.58. The number of nitro benzene ring substituents is 1. The van der Waals surface area contributed by atoms with E-state index in [9.17, 15) is 29.9 Å². The molecule has 2 aromatic carbocycles. The van der Waals surface area contributed by atoms with E-state index in [-0.39, 0.29) is 22.9 Å². The fraction of sp³-hybridized carbons (Fsp3) is 0.500. The number of imide groups is 1. The number of amides is 2. The number of carbonyl (C=O) groups excluding carboxylic acids is 2. The lowest BCUT2D eigenvalue weighted by atomic mass is 9.48. The number of carbonyl (C=O) groups is 2. The van der Waals surface area contributed by atoms with Crippen molar-refractivity contribution in [3.8, 4) is 11.5 Å². The van der Waals surface area contributed by atoms with Gasteiger partial charge in [0.05, 0.1) is 27.5 Å². The Morgan fingerprint density at radius 3 is 2.68 bits per heavy atom. The minimum atomic E-state index is -1.15. The molecule has 2 bridgehead atoms. The van der Waals surface area contributed by atoms with Gasteiger partial charge in [0.25, 0.3) is 17.5 Å². The van der Waals surface area contributed by atoms with Crippen LogP contribution >= 0.6 is 0 Å². The first-order chi connectivity index (χ1) is 18.3. The number of fused-ring (bicyclic) bond motifs is 1. The first kappa shape index (κ1) is 22.5. The highest BCUT2D eigenvalue weighted by molar-refractivity contribution is 6.23. The zero-order chi connectivity index (χ0) is 26.1. The maximum atomic E-state index is 13.7. The normalized spacial score (nSPS) is 34.7. The first-order valence-corrected chi connectivity index (χ1v) is 13.4. The Hall–Kier alpha value is -3.50. The Labute approximate surface area is 217 Å². The lowest BCUT2D eigenvalue weighted by molar-refractivity contribution is -0.385. The predicted octanol–water partition coefficient (Wildman–Crippen LogP) is 2.53. The monoisotopic (exact) mass is 517 g/mol. The minimum absolute atomic E-state index is 0.0161. The van der Waals surface area contributed by atoms with Crippen molar-refractivity contribution in [2.75, 3.05) is 13.1 Å². The number of aromatic hydroxyl groups is 1. The van der Waals surface area contributed by atoms with Crippen LogP contribution in [0.15, 0.2) is 30.3 Å². The van der Waals surface area contributed by atoms with Crippen molar-refractivity contribution < 1.29 is 29.5 Å². The number of benzene rings is 2. The molecule has 3 aliphatic carbocycles. The van der Waals surface area contributed by atoms with E-state index in [0.717, 1.165) is 29.1 Å². The Bertz CT molecular complexity index is 1470. The van der Waals surface area contributed by atoms with Crippen LogP contribution in [0, 0.1) is 16.0 Å². The van der Waals surface area contributed by atoms with Gasteiger partial charge in [-0.1, -0.05) is 12.1 Å². The van der Waals surface area contributed by atoms with Crippen molar-refractivity contribution in [2.45, 2.75) is 67.7 Å². The average molecular weight is 518 g/mol. The van der Waals surface area contributed by atoms with Crippen LogP contribution in [-0.4, -0.2) is 73.6 Å². The molecule has 8 rings (SSSR count). The van der Waals surface area contributed by atoms with E-state index in [0.29, 0.717) is 37.4 Å². The quantitative estimate of drug-likeness (QED) is 0.359. The van der Waals surface area contributed by atoms with Crippen LogP contribution in [0.3, 0.4) is 0 Å². The highest BCUT2D eigenvalue weighted by Crippen LogP contribution is 2.66. The third-order valence-corrected chi connectivity index (χ3v) is 10.2. The van der Waals surface area contributed by atoms with Gasteiger partial charge in [0.1, 0.15) is 11.7 Å². The summed E-state index contributed by atoms with van der Waals surface area (Å²) in [4.78, 5) is 41.9. The molecule has 6 aliphatic rings. The molecule has 2 amide bonds. The maximum Gasteiger partial charge on any atom is 0.282 e. The van der Waals surface area contributed by atoms with Gasteiger partial charge in [-0.25, -0.2) is 0 Å². The van der Waals surface area contributed by atoms with Crippen LogP contribution in [0.1, 0.15) is 63.9 Å². The molecule has 0 aromatic heterocycles. The van der Waals surface area contributed by atoms with E-state index < -0.39 is 45.6 Å². The van der Waals surface area contributed by atoms with Crippen LogP contribution in [0.25, 0.3) is 0 Å². The molecule has 10 nitrogen and oxygen atoms in total. The molecule has 1 saturated heterocycles. The molecule has 3 fully saturated rings. The van der Waals surface area contributed by atoms with Gasteiger partial charge in [0.2, 0.25) is 0 Å². The molecule has 2 N–H and O–H groups in total. The molecule has 2 aromatic rings. The molecule has 3 aliphatic heterocycles. The third kappa shape index (κ3) is 2.50. The summed E-state index contributed by atoms with van der Waals surface area (Å²) in [6, 6.07) is 6.75. The predicted molar refractivity (Wildman–Crippen MR) is 132 cm³/mol. The van der Waals surface area contributed by atoms with Crippen LogP contribution in [-0.2, 0) is 11.8 Å². The van der Waals surface area contributed by atoms with Crippen LogP contribution < -0.4 is 4.74 Å². The number of rotatable bonds is 4. The van der Waals surface area contributed by atoms with E-state index in [2.05, 4.69) is 4.90 Å². The summed E-state index contributed by atoms with van der Waals surface area (Å²) in [5, 5.41) is 35.1. The highest BCUT2D eigenvalue weighted by atomic mass is 16.6. The topological polar surface area (TPSA) is 133 Å². The summed E-state index contributed by atoms with van der Waals surface area (Å²) >= 11 is 0. The molecular formula is C28H27N3O7. The number of nitrogens with zero attached hydrogens (tertiary/aromatic N) is 3. The summed E-state index contributed by atoms with van der Waals surface area (Å²) in [6.07, 6.45) is 3.53. The molecule has 3 heterocycles. The fourth-order valence-electron chi connectivity index (χ4n) is 8.46. The van der Waals surface area contributed by atoms with Gasteiger partial charge in [-0.05, 0) is 68.7 Å². The fourth-order valence-corrected chi connectivity index (χ4v) is 8.46. The van der Waals surface area contributed by atoms with Crippen molar-refractivity contribution >= 4 is 17.5 Å². The van der Waals surface area contributed by atoms with Crippen molar-refractivity contribution in [3.63, 3.8) is 0 Å². The Morgan fingerprint density at radius 2 is 1.92 bits per heavy atom. The summed E-state index contributed by atoms with van der Waals surface area (Å²) in [7, 11) is 0. The molecular weight excluding hydrogens is 490 g/mol. The van der Waals surface area contributed by atoms with Crippen LogP contribution in [0.2, 0.25) is 0 Å². The second-order valence-corrected chi connectivity index (χ2v) is 11.8. The largest absolute Gasteiger partial charge is 0.504 e. The molecule has 10 heteroatoms. The lowest BCUT2D eigenvalue weighted by Crippen LogP contribution is -2.78. The van der Waals surface area contributed by atoms with Gasteiger partial charge in [-0.2, -0.15) is 0 Å². The van der Waals surface area contributed by atoms with Crippen LogP contribution in [0.5, 0.6) is 11.5 Å². The number of piperidine rings is 1. The second-order valence-electron chi connectivity index (χ2n) is 11.8. The van der Waals surface area contributed by atoms with E-state index in [1.165, 1.54) is 31.0 Å². The number of phenols is 1. The Balaban J connectivity index is 1.26. The van der Waals surface area contributed by atoms with Gasteiger partial charge < -0.3 is 14.9 Å². The second kappa shape index (κ2) is 7.12. The molecule has 1 spiro atoms. The van der Waals surface area contributed by atoms with E-state index >= 15 is 0 Å². The number of phenolic OH excluding ortho intramolecular Hbond substituents is 1. The molecule has 0 radical (unpaired) electrons. The smallest absolute Gasteiger partial charge is 0.282 e. The third-order valence-electron chi connectivity index (χ3n) is 10.2. The van der Waals surface area contributed by atoms with E-state index in [4.69, 9.17) is 4.74 Å². The first-order valence-electron chi connectivity index (χ1n) is 13.4. The maximum absolute atomic E-state index is 13.7. The molecule has 5 atom stereocenters. The van der Waals surface area contributed by atoms with Gasteiger partial charge in [0, 0.05) is 24.2 Å². The van der Waals surface area contributed by atoms with E-state index in [1.54, 1.807) is 6.07 Å². The lowest BCUT2D eigenvalue weighted by Gasteiger charge is -2.64. The number of nitro groups is 1. The Kier molecular flexibility index (Phi) is 4.21. The SMILES string of the molecule is O=C1c2cccc([N+](=O)[O-])c2C(=O)N1[C@@H]1CC[C@@]2(O)[C@@H]3Cc4ccc(O)c5c4[C@@]2(CCN3CC2CC2)[C@H]1O5. The summed E-state index contributed by atoms with van der Waals surface area (Å²) in [6.45, 7) is 1.69. The minimum Gasteiger partial charge on any atom is -0.504 e. The van der Waals surface area contributed by atoms with E-state index in [1.807, 2.05) is 6.07 Å².